The average Bonchev–Trinajstić information content (AvgIpc) is 3.57. The number of cyclic esters (lactones) is 1. The molecule has 1 aromatic heterocycles. The number of hydrogen-bond acceptors (Lipinski definition) is 11. The number of aromatic nitrogens is 1. The van der Waals surface area contributed by atoms with E-state index in [9.17, 15) is 19.5 Å². The summed E-state index contributed by atoms with van der Waals surface area (Å²) in [5.74, 6) is -2.89. The molecule has 44 heavy (non-hydrogen) atoms. The average molecular weight is 618 g/mol. The molecule has 0 aromatic carbocycles. The molecule has 4 bridgehead atoms. The van der Waals surface area contributed by atoms with E-state index in [0.29, 0.717) is 5.69 Å². The highest BCUT2D eigenvalue weighted by Gasteiger charge is 2.73. The van der Waals surface area contributed by atoms with Gasteiger partial charge in [-0.1, -0.05) is 39.0 Å². The normalized spacial score (nSPS) is 41.4. The lowest BCUT2D eigenvalue weighted by molar-refractivity contribution is -0.173. The quantitative estimate of drug-likeness (QED) is 0.234. The topological polar surface area (TPSA) is 163 Å². The highest BCUT2D eigenvalue weighted by Crippen LogP contribution is 2.66. The third-order valence-electron chi connectivity index (χ3n) is 10.0. The number of nitrogens with one attached hydrogen (secondary N) is 1. The van der Waals surface area contributed by atoms with Crippen LogP contribution < -0.4 is 0 Å². The maximum Gasteiger partial charge on any atom is 0.508 e. The van der Waals surface area contributed by atoms with E-state index < -0.39 is 83.5 Å². The Morgan fingerprint density at radius 3 is 2.68 bits per heavy atom. The first-order valence-electron chi connectivity index (χ1n) is 15.1. The summed E-state index contributed by atoms with van der Waals surface area (Å²) in [5.41, 5.74) is -0.638. The summed E-state index contributed by atoms with van der Waals surface area (Å²) in [6.07, 6.45) is 1.78. The van der Waals surface area contributed by atoms with Gasteiger partial charge in [-0.15, -0.1) is 0 Å². The Bertz CT molecular complexity index is 1290. The highest BCUT2D eigenvalue weighted by molar-refractivity contribution is 5.87. The van der Waals surface area contributed by atoms with Crippen LogP contribution in [0.25, 0.3) is 0 Å². The van der Waals surface area contributed by atoms with Gasteiger partial charge in [0.25, 0.3) is 0 Å². The zero-order valence-corrected chi connectivity index (χ0v) is 25.9. The van der Waals surface area contributed by atoms with Crippen molar-refractivity contribution in [3.8, 4) is 0 Å². The number of carbonyl (C=O) groups excluding carboxylic acids is 3. The van der Waals surface area contributed by atoms with E-state index in [1.165, 1.54) is 7.11 Å². The Kier molecular flexibility index (Phi) is 9.01. The zero-order valence-electron chi connectivity index (χ0n) is 25.9. The number of hydrogen-bond donors (Lipinski definition) is 3. The van der Waals surface area contributed by atoms with Crippen LogP contribution in [0.3, 0.4) is 0 Å². The lowest BCUT2D eigenvalue weighted by Gasteiger charge is -2.53. The van der Waals surface area contributed by atoms with Gasteiger partial charge >= 0.3 is 18.1 Å². The van der Waals surface area contributed by atoms with E-state index in [4.69, 9.17) is 33.5 Å². The van der Waals surface area contributed by atoms with Crippen LogP contribution in [-0.4, -0.2) is 95.8 Å². The molecule has 12 atom stereocenters. The van der Waals surface area contributed by atoms with E-state index >= 15 is 0 Å². The second-order valence-electron chi connectivity index (χ2n) is 12.7. The first-order valence-corrected chi connectivity index (χ1v) is 15.1. The predicted molar refractivity (Wildman–Crippen MR) is 154 cm³/mol. The number of aromatic amines is 1. The van der Waals surface area contributed by atoms with Gasteiger partial charge in [-0.25, -0.2) is 14.4 Å². The number of rotatable bonds is 7. The van der Waals surface area contributed by atoms with Gasteiger partial charge in [0.05, 0.1) is 12.7 Å². The summed E-state index contributed by atoms with van der Waals surface area (Å²) in [6, 6.07) is 3.34. The third-order valence-corrected chi connectivity index (χ3v) is 10.0. The van der Waals surface area contributed by atoms with Crippen molar-refractivity contribution >= 4 is 18.1 Å². The molecule has 5 rings (SSSR count). The number of methoxy groups -OCH3 is 1. The van der Waals surface area contributed by atoms with E-state index in [2.05, 4.69) is 4.98 Å². The molecule has 2 aliphatic heterocycles. The van der Waals surface area contributed by atoms with Crippen molar-refractivity contribution in [3.63, 3.8) is 0 Å². The summed E-state index contributed by atoms with van der Waals surface area (Å²) >= 11 is 0. The summed E-state index contributed by atoms with van der Waals surface area (Å²) < 4.78 is 34.9. The Balaban J connectivity index is 1.54. The molecule has 0 radical (unpaired) electrons. The Morgan fingerprint density at radius 1 is 1.27 bits per heavy atom. The number of aliphatic hydroxyl groups is 2. The van der Waals surface area contributed by atoms with Gasteiger partial charge in [-0.05, 0) is 38.0 Å². The summed E-state index contributed by atoms with van der Waals surface area (Å²) in [4.78, 5) is 41.6. The molecule has 1 saturated heterocycles. The van der Waals surface area contributed by atoms with Crippen LogP contribution in [0.1, 0.15) is 51.5 Å². The number of H-pyrrole nitrogens is 1. The molecular weight excluding hydrogens is 574 g/mol. The summed E-state index contributed by atoms with van der Waals surface area (Å²) in [6.45, 7) is 8.67. The van der Waals surface area contributed by atoms with Gasteiger partial charge in [0.1, 0.15) is 42.3 Å². The van der Waals surface area contributed by atoms with Crippen molar-refractivity contribution in [1.29, 1.82) is 0 Å². The molecule has 12 heteroatoms. The van der Waals surface area contributed by atoms with Crippen molar-refractivity contribution in [1.82, 2.24) is 4.98 Å². The molecule has 2 fully saturated rings. The fourth-order valence-electron chi connectivity index (χ4n) is 7.91. The van der Waals surface area contributed by atoms with E-state index in [1.807, 2.05) is 45.9 Å². The standard InChI is InChI=1S/C32H43NO11/c1-16-14-17(2)32-20(15-22(39-6)29(37)42-24(16)19(4)41-30(38)40-13-12-34)9-10-31(5)26(32)23(35)18(3)25(27(31)44-32)43-28(36)21-8-7-11-33-21/h7-11,14,16,18-20,22-27,33-35H,12-13,15H2,1-6H3/b17-14+/t16-,18-,19-,20-,22+,23-,24+,25-,26-,27+,31-,32+/m1/s1. The van der Waals surface area contributed by atoms with Crippen LogP contribution >= 0.6 is 0 Å². The molecule has 2 aliphatic carbocycles. The fourth-order valence-corrected chi connectivity index (χ4v) is 7.91. The van der Waals surface area contributed by atoms with Gasteiger partial charge in [-0.2, -0.15) is 0 Å². The maximum atomic E-state index is 13.5. The van der Waals surface area contributed by atoms with E-state index in [1.54, 1.807) is 25.3 Å². The number of carbonyl (C=O) groups is 3. The number of ether oxygens (including phenoxy) is 6. The maximum absolute atomic E-state index is 13.5. The van der Waals surface area contributed by atoms with Crippen LogP contribution in [-0.2, 0) is 33.2 Å². The van der Waals surface area contributed by atoms with Crippen LogP contribution in [0.4, 0.5) is 4.79 Å². The van der Waals surface area contributed by atoms with Crippen molar-refractivity contribution in [2.45, 2.75) is 83.3 Å². The second kappa shape index (κ2) is 12.3. The van der Waals surface area contributed by atoms with E-state index in [0.717, 1.165) is 5.57 Å². The monoisotopic (exact) mass is 617 g/mol. The SMILES string of the molecule is CO[C@H]1C[C@H]2C=C[C@]3(C)[C@H]4[C@H](O)[C@@H](C)[C@@H](OC(=O)c5ccc[nH]5)[C@@H]3O[C@@]24/C(C)=C/[C@@H](C)[C@@H]([C@@H](C)OC(=O)OCCO)OC1=O. The zero-order chi connectivity index (χ0) is 32.0. The molecule has 0 unspecified atom stereocenters. The molecule has 0 amide bonds. The molecule has 1 spiro atoms. The first-order chi connectivity index (χ1) is 20.9. The molecule has 1 aromatic rings. The summed E-state index contributed by atoms with van der Waals surface area (Å²) in [7, 11) is 1.43. The summed E-state index contributed by atoms with van der Waals surface area (Å²) in [5, 5.41) is 21.0. The molecular formula is C32H43NO11. The molecule has 242 valence electrons. The van der Waals surface area contributed by atoms with Gasteiger partial charge in [-0.3, -0.25) is 0 Å². The van der Waals surface area contributed by atoms with Crippen molar-refractivity contribution < 1.29 is 53.0 Å². The van der Waals surface area contributed by atoms with E-state index in [-0.39, 0.29) is 25.6 Å². The Hall–Kier alpha value is -3.19. The minimum absolute atomic E-state index is 0.194. The van der Waals surface area contributed by atoms with Crippen LogP contribution in [0.5, 0.6) is 0 Å². The molecule has 12 nitrogen and oxygen atoms in total. The minimum Gasteiger partial charge on any atom is -0.456 e. The fraction of sp³-hybridized carbons (Fsp3) is 0.656. The molecule has 3 heterocycles. The molecule has 1 saturated carbocycles. The Labute approximate surface area is 256 Å². The van der Waals surface area contributed by atoms with Gasteiger partial charge in [0.2, 0.25) is 0 Å². The van der Waals surface area contributed by atoms with Crippen LogP contribution in [0, 0.1) is 29.1 Å². The predicted octanol–water partition coefficient (Wildman–Crippen LogP) is 2.94. The third kappa shape index (κ3) is 5.25. The Morgan fingerprint density at radius 2 is 2.02 bits per heavy atom. The van der Waals surface area contributed by atoms with Crippen molar-refractivity contribution in [2.75, 3.05) is 20.3 Å². The lowest BCUT2D eigenvalue weighted by Crippen LogP contribution is -2.61. The molecule has 4 aliphatic rings. The highest BCUT2D eigenvalue weighted by atomic mass is 16.7. The number of esters is 2. The van der Waals surface area contributed by atoms with Crippen molar-refractivity contribution in [3.05, 3.63) is 47.8 Å². The van der Waals surface area contributed by atoms with Crippen LogP contribution in [0.15, 0.2) is 42.1 Å². The number of aliphatic hydroxyl groups excluding tert-OH is 2. The lowest BCUT2D eigenvalue weighted by atomic mass is 9.51. The first kappa shape index (κ1) is 32.2. The molecule has 3 N–H and O–H groups in total. The minimum atomic E-state index is -1.06. The van der Waals surface area contributed by atoms with Gasteiger partial charge in [0.15, 0.2) is 6.10 Å². The van der Waals surface area contributed by atoms with Crippen molar-refractivity contribution in [2.24, 2.45) is 29.1 Å². The second-order valence-corrected chi connectivity index (χ2v) is 12.7. The van der Waals surface area contributed by atoms with Gasteiger partial charge in [0, 0.05) is 42.4 Å². The van der Waals surface area contributed by atoms with Crippen LogP contribution in [0.2, 0.25) is 0 Å². The smallest absolute Gasteiger partial charge is 0.456 e. The van der Waals surface area contributed by atoms with Gasteiger partial charge < -0.3 is 43.6 Å². The largest absolute Gasteiger partial charge is 0.508 e.